The van der Waals surface area contributed by atoms with Crippen LogP contribution >= 0.6 is 27.3 Å². The normalized spacial score (nSPS) is 10.4. The Morgan fingerprint density at radius 3 is 2.94 bits per heavy atom. The van der Waals surface area contributed by atoms with Crippen LogP contribution in [0, 0.1) is 0 Å². The van der Waals surface area contributed by atoms with Gasteiger partial charge in [0.1, 0.15) is 10.0 Å². The van der Waals surface area contributed by atoms with Gasteiger partial charge in [-0.1, -0.05) is 39.4 Å². The minimum atomic E-state index is -0.816. The zero-order chi connectivity index (χ0) is 12.3. The highest BCUT2D eigenvalue weighted by Crippen LogP contribution is 2.26. The number of rotatable bonds is 4. The highest BCUT2D eigenvalue weighted by molar-refractivity contribution is 9.10. The zero-order valence-electron chi connectivity index (χ0n) is 8.76. The van der Waals surface area contributed by atoms with E-state index in [2.05, 4.69) is 26.1 Å². The Morgan fingerprint density at radius 2 is 2.24 bits per heavy atom. The molecule has 17 heavy (non-hydrogen) atoms. The average Bonchev–Trinajstić information content (AvgIpc) is 2.75. The smallest absolute Gasteiger partial charge is 0.303 e. The summed E-state index contributed by atoms with van der Waals surface area (Å²) in [6, 6.07) is 7.78. The van der Waals surface area contributed by atoms with Crippen LogP contribution in [0.1, 0.15) is 11.4 Å². The Labute approximate surface area is 110 Å². The predicted molar refractivity (Wildman–Crippen MR) is 69.0 cm³/mol. The second kappa shape index (κ2) is 5.37. The number of carboxylic acid groups (broad SMARTS) is 1. The fourth-order valence-corrected chi connectivity index (χ4v) is 2.54. The maximum Gasteiger partial charge on any atom is 0.303 e. The van der Waals surface area contributed by atoms with E-state index < -0.39 is 5.97 Å². The van der Waals surface area contributed by atoms with Crippen molar-refractivity contribution in [3.05, 3.63) is 33.7 Å². The monoisotopic (exact) mass is 312 g/mol. The summed E-state index contributed by atoms with van der Waals surface area (Å²) in [5, 5.41) is 18.2. The van der Waals surface area contributed by atoms with Crippen LogP contribution in [0.25, 0.3) is 10.6 Å². The standard InChI is InChI=1S/C11H9BrN2O2S/c12-8-3-1-2-7(6-8)11-14-13-9(17-11)4-5-10(15)16/h1-3,6H,4-5H2,(H,15,16). The Hall–Kier alpha value is -1.27. The molecule has 2 aromatic rings. The second-order valence-corrected chi connectivity index (χ2v) is 5.38. The molecule has 2 rings (SSSR count). The van der Waals surface area contributed by atoms with Crippen molar-refractivity contribution >= 4 is 33.2 Å². The highest BCUT2D eigenvalue weighted by Gasteiger charge is 2.08. The lowest BCUT2D eigenvalue weighted by Gasteiger charge is -1.95. The van der Waals surface area contributed by atoms with E-state index >= 15 is 0 Å². The Morgan fingerprint density at radius 1 is 1.41 bits per heavy atom. The van der Waals surface area contributed by atoms with Crippen LogP contribution in [-0.2, 0) is 11.2 Å². The van der Waals surface area contributed by atoms with Gasteiger partial charge in [-0.3, -0.25) is 4.79 Å². The first kappa shape index (κ1) is 12.2. The molecule has 0 aliphatic rings. The molecule has 4 nitrogen and oxygen atoms in total. The van der Waals surface area contributed by atoms with Gasteiger partial charge in [-0.05, 0) is 12.1 Å². The van der Waals surface area contributed by atoms with E-state index in [9.17, 15) is 4.79 Å². The van der Waals surface area contributed by atoms with Crippen molar-refractivity contribution in [1.29, 1.82) is 0 Å². The van der Waals surface area contributed by atoms with Crippen LogP contribution in [0.15, 0.2) is 28.7 Å². The zero-order valence-corrected chi connectivity index (χ0v) is 11.2. The minimum absolute atomic E-state index is 0.0904. The molecule has 0 saturated heterocycles. The molecule has 0 atom stereocenters. The van der Waals surface area contributed by atoms with Gasteiger partial charge in [0.05, 0.1) is 6.42 Å². The van der Waals surface area contributed by atoms with Gasteiger partial charge in [0.2, 0.25) is 0 Å². The molecule has 0 aliphatic carbocycles. The number of carbonyl (C=O) groups is 1. The molecule has 0 bridgehead atoms. The molecule has 0 unspecified atom stereocenters. The van der Waals surface area contributed by atoms with E-state index in [1.165, 1.54) is 11.3 Å². The quantitative estimate of drug-likeness (QED) is 0.942. The summed E-state index contributed by atoms with van der Waals surface area (Å²) in [7, 11) is 0. The van der Waals surface area contributed by atoms with Crippen molar-refractivity contribution in [1.82, 2.24) is 10.2 Å². The van der Waals surface area contributed by atoms with Gasteiger partial charge in [-0.25, -0.2) is 0 Å². The van der Waals surface area contributed by atoms with Gasteiger partial charge in [-0.2, -0.15) is 0 Å². The Kier molecular flexibility index (Phi) is 3.86. The maximum atomic E-state index is 10.4. The first-order valence-electron chi connectivity index (χ1n) is 4.95. The molecule has 1 aromatic carbocycles. The van der Waals surface area contributed by atoms with Crippen LogP contribution in [0.4, 0.5) is 0 Å². The number of nitrogens with zero attached hydrogens (tertiary/aromatic N) is 2. The molecule has 88 valence electrons. The summed E-state index contributed by atoms with van der Waals surface area (Å²) >= 11 is 4.83. The van der Waals surface area contributed by atoms with E-state index in [0.29, 0.717) is 6.42 Å². The molecule has 1 heterocycles. The maximum absolute atomic E-state index is 10.4. The van der Waals surface area contributed by atoms with Crippen LogP contribution in [0.2, 0.25) is 0 Å². The summed E-state index contributed by atoms with van der Waals surface area (Å²) in [6.45, 7) is 0. The number of aromatic nitrogens is 2. The number of aryl methyl sites for hydroxylation is 1. The Balaban J connectivity index is 2.15. The van der Waals surface area contributed by atoms with Crippen LogP contribution in [-0.4, -0.2) is 21.3 Å². The summed E-state index contributed by atoms with van der Waals surface area (Å²) in [5.41, 5.74) is 0.985. The third-order valence-corrected chi connectivity index (χ3v) is 3.62. The molecule has 0 aliphatic heterocycles. The molecule has 0 saturated carbocycles. The predicted octanol–water partition coefficient (Wildman–Crippen LogP) is 2.98. The molecule has 0 amide bonds. The minimum Gasteiger partial charge on any atom is -0.481 e. The molecular weight excluding hydrogens is 304 g/mol. The van der Waals surface area contributed by atoms with Crippen molar-refractivity contribution < 1.29 is 9.90 Å². The van der Waals surface area contributed by atoms with Gasteiger partial charge in [0, 0.05) is 16.5 Å². The fraction of sp³-hybridized carbons (Fsp3) is 0.182. The van der Waals surface area contributed by atoms with Gasteiger partial charge >= 0.3 is 5.97 Å². The Bertz CT molecular complexity index is 542. The van der Waals surface area contributed by atoms with Crippen LogP contribution in [0.3, 0.4) is 0 Å². The number of carboxylic acids is 1. The lowest BCUT2D eigenvalue weighted by Crippen LogP contribution is -1.96. The second-order valence-electron chi connectivity index (χ2n) is 3.41. The van der Waals surface area contributed by atoms with Crippen molar-refractivity contribution in [3.63, 3.8) is 0 Å². The number of hydrogen-bond acceptors (Lipinski definition) is 4. The first-order valence-corrected chi connectivity index (χ1v) is 6.56. The van der Waals surface area contributed by atoms with Gasteiger partial charge in [-0.15, -0.1) is 10.2 Å². The van der Waals surface area contributed by atoms with Gasteiger partial charge in [0.15, 0.2) is 0 Å². The SMILES string of the molecule is O=C(O)CCc1nnc(-c2cccc(Br)c2)s1. The van der Waals surface area contributed by atoms with Crippen molar-refractivity contribution in [2.45, 2.75) is 12.8 Å². The summed E-state index contributed by atoms with van der Waals surface area (Å²) in [4.78, 5) is 10.4. The van der Waals surface area contributed by atoms with Crippen molar-refractivity contribution in [2.75, 3.05) is 0 Å². The van der Waals surface area contributed by atoms with E-state index in [0.717, 1.165) is 20.1 Å². The van der Waals surface area contributed by atoms with Crippen LogP contribution in [0.5, 0.6) is 0 Å². The van der Waals surface area contributed by atoms with Crippen molar-refractivity contribution in [2.24, 2.45) is 0 Å². The highest BCUT2D eigenvalue weighted by atomic mass is 79.9. The van der Waals surface area contributed by atoms with Crippen molar-refractivity contribution in [3.8, 4) is 10.6 Å². The summed E-state index contributed by atoms with van der Waals surface area (Å²) < 4.78 is 0.984. The average molecular weight is 313 g/mol. The molecule has 0 fully saturated rings. The number of halogens is 1. The number of aliphatic carboxylic acids is 1. The third-order valence-electron chi connectivity index (χ3n) is 2.09. The summed E-state index contributed by atoms with van der Waals surface area (Å²) in [5.74, 6) is -0.816. The van der Waals surface area contributed by atoms with E-state index in [4.69, 9.17) is 5.11 Å². The number of hydrogen-bond donors (Lipinski definition) is 1. The van der Waals surface area contributed by atoms with Crippen LogP contribution < -0.4 is 0 Å². The third kappa shape index (κ3) is 3.34. The molecule has 0 radical (unpaired) electrons. The lowest BCUT2D eigenvalue weighted by molar-refractivity contribution is -0.136. The lowest BCUT2D eigenvalue weighted by atomic mass is 10.2. The molecule has 6 heteroatoms. The molecule has 1 N–H and O–H groups in total. The van der Waals surface area contributed by atoms with E-state index in [1.54, 1.807) is 0 Å². The fourth-order valence-electron chi connectivity index (χ4n) is 1.31. The molecule has 1 aromatic heterocycles. The number of benzene rings is 1. The summed E-state index contributed by atoms with van der Waals surface area (Å²) in [6.07, 6.45) is 0.522. The van der Waals surface area contributed by atoms with E-state index in [1.807, 2.05) is 24.3 Å². The topological polar surface area (TPSA) is 63.1 Å². The largest absolute Gasteiger partial charge is 0.481 e. The molecule has 0 spiro atoms. The van der Waals surface area contributed by atoms with E-state index in [-0.39, 0.29) is 6.42 Å². The molecular formula is C11H9BrN2O2S. The van der Waals surface area contributed by atoms with Gasteiger partial charge < -0.3 is 5.11 Å². The van der Waals surface area contributed by atoms with Gasteiger partial charge in [0.25, 0.3) is 0 Å². The first-order chi connectivity index (χ1) is 8.15.